The largest absolute Gasteiger partial charge is 0.493 e. The van der Waals surface area contributed by atoms with Crippen LogP contribution in [0.4, 0.5) is 0 Å². The number of methoxy groups -OCH3 is 2. The molecule has 24 heavy (non-hydrogen) atoms. The van der Waals surface area contributed by atoms with E-state index < -0.39 is 12.0 Å². The number of aromatic nitrogens is 1. The lowest BCUT2D eigenvalue weighted by Gasteiger charge is -2.19. The Hall–Kier alpha value is -2.12. The van der Waals surface area contributed by atoms with Gasteiger partial charge in [-0.05, 0) is 31.5 Å². The summed E-state index contributed by atoms with van der Waals surface area (Å²) in [4.78, 5) is 17.9. The number of aliphatic carboxylic acids is 1. The van der Waals surface area contributed by atoms with Crippen molar-refractivity contribution >= 4 is 17.3 Å². The number of ether oxygens (including phenoxy) is 2. The van der Waals surface area contributed by atoms with Crippen LogP contribution in [0.2, 0.25) is 0 Å². The molecule has 0 spiro atoms. The first-order valence-corrected chi connectivity index (χ1v) is 8.64. The zero-order valence-electron chi connectivity index (χ0n) is 13.7. The van der Waals surface area contributed by atoms with Gasteiger partial charge in [-0.15, -0.1) is 11.3 Å². The predicted octanol–water partition coefficient (Wildman–Crippen LogP) is 2.88. The third kappa shape index (κ3) is 3.22. The highest BCUT2D eigenvalue weighted by atomic mass is 32.1. The van der Waals surface area contributed by atoms with Crippen LogP contribution in [0.1, 0.15) is 18.5 Å². The van der Waals surface area contributed by atoms with Gasteiger partial charge >= 0.3 is 5.97 Å². The van der Waals surface area contributed by atoms with E-state index in [1.54, 1.807) is 14.2 Å². The molecule has 6 nitrogen and oxygen atoms in total. The van der Waals surface area contributed by atoms with E-state index in [1.807, 2.05) is 28.5 Å². The number of rotatable bonds is 6. The number of nitrogens with zero attached hydrogens (tertiary/aromatic N) is 2. The number of carbonyl (C=O) groups is 1. The Morgan fingerprint density at radius 3 is 2.96 bits per heavy atom. The van der Waals surface area contributed by atoms with Crippen LogP contribution in [0.5, 0.6) is 11.5 Å². The lowest BCUT2D eigenvalue weighted by Crippen LogP contribution is -2.35. The summed E-state index contributed by atoms with van der Waals surface area (Å²) in [6.07, 6.45) is 1.62. The highest BCUT2D eigenvalue weighted by molar-refractivity contribution is 7.13. The van der Waals surface area contributed by atoms with Gasteiger partial charge in [-0.1, -0.05) is 6.07 Å². The first-order valence-electron chi connectivity index (χ1n) is 7.76. The Morgan fingerprint density at radius 2 is 2.25 bits per heavy atom. The summed E-state index contributed by atoms with van der Waals surface area (Å²) >= 11 is 1.52. The van der Waals surface area contributed by atoms with Gasteiger partial charge in [-0.3, -0.25) is 9.69 Å². The lowest BCUT2D eigenvalue weighted by atomic mass is 10.2. The molecule has 128 valence electrons. The summed E-state index contributed by atoms with van der Waals surface area (Å²) in [7, 11) is 3.21. The van der Waals surface area contributed by atoms with Crippen LogP contribution < -0.4 is 9.47 Å². The molecule has 1 aromatic heterocycles. The monoisotopic (exact) mass is 348 g/mol. The van der Waals surface area contributed by atoms with Gasteiger partial charge in [0, 0.05) is 11.9 Å². The third-order valence-electron chi connectivity index (χ3n) is 4.20. The molecule has 2 aromatic rings. The summed E-state index contributed by atoms with van der Waals surface area (Å²) in [5.41, 5.74) is 1.76. The number of carboxylic acid groups (broad SMARTS) is 1. The summed E-state index contributed by atoms with van der Waals surface area (Å²) < 4.78 is 10.8. The van der Waals surface area contributed by atoms with Gasteiger partial charge in [0.1, 0.15) is 11.0 Å². The van der Waals surface area contributed by atoms with Crippen molar-refractivity contribution in [3.63, 3.8) is 0 Å². The molecule has 1 aliphatic heterocycles. The molecule has 1 atom stereocenters. The Morgan fingerprint density at radius 1 is 1.42 bits per heavy atom. The van der Waals surface area contributed by atoms with E-state index in [2.05, 4.69) is 4.98 Å². The molecule has 0 aliphatic carbocycles. The maximum Gasteiger partial charge on any atom is 0.320 e. The molecule has 0 amide bonds. The van der Waals surface area contributed by atoms with Gasteiger partial charge < -0.3 is 14.6 Å². The maximum absolute atomic E-state index is 11.3. The van der Waals surface area contributed by atoms with Crippen molar-refractivity contribution in [3.8, 4) is 22.1 Å². The molecule has 7 heteroatoms. The molecule has 3 rings (SSSR count). The molecular formula is C17H20N2O4S. The van der Waals surface area contributed by atoms with Crippen LogP contribution in [0, 0.1) is 0 Å². The van der Waals surface area contributed by atoms with Crippen molar-refractivity contribution < 1.29 is 19.4 Å². The molecule has 0 bridgehead atoms. The fourth-order valence-electron chi connectivity index (χ4n) is 3.06. The van der Waals surface area contributed by atoms with Gasteiger partial charge in [-0.25, -0.2) is 4.98 Å². The van der Waals surface area contributed by atoms with Crippen molar-refractivity contribution in [2.45, 2.75) is 25.4 Å². The number of carboxylic acids is 1. The van der Waals surface area contributed by atoms with Gasteiger partial charge in [0.15, 0.2) is 11.5 Å². The number of hydrogen-bond donors (Lipinski definition) is 1. The topological polar surface area (TPSA) is 71.9 Å². The molecule has 1 aliphatic rings. The second kappa shape index (κ2) is 7.19. The quantitative estimate of drug-likeness (QED) is 0.865. The molecule has 0 saturated carbocycles. The van der Waals surface area contributed by atoms with E-state index in [-0.39, 0.29) is 0 Å². The minimum Gasteiger partial charge on any atom is -0.493 e. The van der Waals surface area contributed by atoms with E-state index in [0.29, 0.717) is 24.5 Å². The SMILES string of the molecule is COc1cccc(-c2nc(CN3CCCC3C(=O)O)cs2)c1OC. The minimum atomic E-state index is -0.752. The fraction of sp³-hybridized carbons (Fsp3) is 0.412. The van der Waals surface area contributed by atoms with Crippen LogP contribution in [-0.4, -0.2) is 47.8 Å². The Balaban J connectivity index is 1.83. The smallest absolute Gasteiger partial charge is 0.320 e. The van der Waals surface area contributed by atoms with Crippen molar-refractivity contribution in [2.24, 2.45) is 0 Å². The van der Waals surface area contributed by atoms with E-state index in [1.165, 1.54) is 11.3 Å². The zero-order valence-corrected chi connectivity index (χ0v) is 14.5. The van der Waals surface area contributed by atoms with Gasteiger partial charge in [0.05, 0.1) is 25.5 Å². The van der Waals surface area contributed by atoms with Crippen LogP contribution in [0.25, 0.3) is 10.6 Å². The van der Waals surface area contributed by atoms with E-state index in [0.717, 1.165) is 29.2 Å². The maximum atomic E-state index is 11.3. The van der Waals surface area contributed by atoms with Crippen LogP contribution >= 0.6 is 11.3 Å². The summed E-state index contributed by atoms with van der Waals surface area (Å²) in [6.45, 7) is 1.35. The second-order valence-electron chi connectivity index (χ2n) is 5.65. The third-order valence-corrected chi connectivity index (χ3v) is 5.12. The van der Waals surface area contributed by atoms with Crippen molar-refractivity contribution in [1.82, 2.24) is 9.88 Å². The lowest BCUT2D eigenvalue weighted by molar-refractivity contribution is -0.142. The Kier molecular flexibility index (Phi) is 5.01. The number of benzene rings is 1. The first kappa shape index (κ1) is 16.7. The van der Waals surface area contributed by atoms with Crippen molar-refractivity contribution in [3.05, 3.63) is 29.3 Å². The normalized spacial score (nSPS) is 17.8. The van der Waals surface area contributed by atoms with Crippen molar-refractivity contribution in [2.75, 3.05) is 20.8 Å². The molecule has 1 N–H and O–H groups in total. The van der Waals surface area contributed by atoms with Gasteiger partial charge in [0.2, 0.25) is 0 Å². The standard InChI is InChI=1S/C17H20N2O4S/c1-22-14-7-3-5-12(15(14)23-2)16-18-11(10-24-16)9-19-8-4-6-13(19)17(20)21/h3,5,7,10,13H,4,6,8-9H2,1-2H3,(H,20,21). The molecule has 1 unspecified atom stereocenters. The van der Waals surface area contributed by atoms with Gasteiger partial charge in [0.25, 0.3) is 0 Å². The fourth-order valence-corrected chi connectivity index (χ4v) is 3.89. The highest BCUT2D eigenvalue weighted by Gasteiger charge is 2.30. The highest BCUT2D eigenvalue weighted by Crippen LogP contribution is 2.39. The molecule has 1 saturated heterocycles. The van der Waals surface area contributed by atoms with Crippen LogP contribution in [-0.2, 0) is 11.3 Å². The van der Waals surface area contributed by atoms with Crippen LogP contribution in [0.15, 0.2) is 23.6 Å². The molecule has 1 fully saturated rings. The van der Waals surface area contributed by atoms with Crippen molar-refractivity contribution in [1.29, 1.82) is 0 Å². The van der Waals surface area contributed by atoms with Gasteiger partial charge in [-0.2, -0.15) is 0 Å². The van der Waals surface area contributed by atoms with E-state index >= 15 is 0 Å². The van der Waals surface area contributed by atoms with E-state index in [4.69, 9.17) is 9.47 Å². The molecule has 2 heterocycles. The number of para-hydroxylation sites is 1. The average Bonchev–Trinajstić information content (AvgIpc) is 3.23. The Bertz CT molecular complexity index is 731. The molecule has 1 aromatic carbocycles. The average molecular weight is 348 g/mol. The predicted molar refractivity (Wildman–Crippen MR) is 91.7 cm³/mol. The second-order valence-corrected chi connectivity index (χ2v) is 6.51. The Labute approximate surface area is 144 Å². The first-order chi connectivity index (χ1) is 11.6. The number of hydrogen-bond acceptors (Lipinski definition) is 6. The summed E-state index contributed by atoms with van der Waals surface area (Å²) in [6, 6.07) is 5.29. The minimum absolute atomic E-state index is 0.401. The number of thiazole rings is 1. The molecule has 0 radical (unpaired) electrons. The summed E-state index contributed by atoms with van der Waals surface area (Å²) in [5.74, 6) is 0.570. The van der Waals surface area contributed by atoms with Crippen LogP contribution in [0.3, 0.4) is 0 Å². The molecular weight excluding hydrogens is 328 g/mol. The zero-order chi connectivity index (χ0) is 17.1. The summed E-state index contributed by atoms with van der Waals surface area (Å²) in [5, 5.41) is 12.1. The number of likely N-dealkylation sites (tertiary alicyclic amines) is 1. The van der Waals surface area contributed by atoms with E-state index in [9.17, 15) is 9.90 Å².